The molecule has 1 aromatic carbocycles. The van der Waals surface area contributed by atoms with Crippen LogP contribution in [0.3, 0.4) is 0 Å². The summed E-state index contributed by atoms with van der Waals surface area (Å²) in [6, 6.07) is 7.26. The smallest absolute Gasteiger partial charge is 0.258 e. The Morgan fingerprint density at radius 2 is 2.29 bits per heavy atom. The van der Waals surface area contributed by atoms with E-state index in [9.17, 15) is 4.79 Å². The predicted octanol–water partition coefficient (Wildman–Crippen LogP) is 3.21. The van der Waals surface area contributed by atoms with E-state index in [-0.39, 0.29) is 11.6 Å². The molecule has 3 heterocycles. The number of nitrogens with zero attached hydrogens (tertiary/aromatic N) is 3. The molecular weight excluding hydrogens is 328 g/mol. The third-order valence-corrected chi connectivity index (χ3v) is 4.64. The molecule has 1 fully saturated rings. The molecule has 4 rings (SSSR count). The highest BCUT2D eigenvalue weighted by atomic mass is 35.5. The van der Waals surface area contributed by atoms with Gasteiger partial charge in [-0.1, -0.05) is 16.8 Å². The summed E-state index contributed by atoms with van der Waals surface area (Å²) in [6.45, 7) is 3.40. The van der Waals surface area contributed by atoms with Gasteiger partial charge >= 0.3 is 0 Å². The maximum atomic E-state index is 12.3. The highest BCUT2D eigenvalue weighted by Crippen LogP contribution is 2.33. The normalized spacial score (nSPS) is 18.5. The van der Waals surface area contributed by atoms with E-state index >= 15 is 0 Å². The van der Waals surface area contributed by atoms with Gasteiger partial charge in [0.05, 0.1) is 29.2 Å². The first-order valence-electron chi connectivity index (χ1n) is 7.96. The summed E-state index contributed by atoms with van der Waals surface area (Å²) >= 11 is 6.02. The van der Waals surface area contributed by atoms with Crippen LogP contribution in [0.25, 0.3) is 10.9 Å². The van der Waals surface area contributed by atoms with Crippen LogP contribution in [-0.4, -0.2) is 26.6 Å². The minimum Gasteiger partial charge on any atom is -0.359 e. The first-order valence-corrected chi connectivity index (χ1v) is 8.34. The van der Waals surface area contributed by atoms with Crippen LogP contribution in [0.5, 0.6) is 0 Å². The zero-order valence-electron chi connectivity index (χ0n) is 13.3. The summed E-state index contributed by atoms with van der Waals surface area (Å²) in [5.74, 6) is 1.51. The topological polar surface area (TPSA) is 75.0 Å². The fourth-order valence-corrected chi connectivity index (χ4v) is 3.47. The van der Waals surface area contributed by atoms with Crippen LogP contribution in [0.15, 0.2) is 33.6 Å². The fraction of sp³-hybridized carbons (Fsp3) is 0.353. The van der Waals surface area contributed by atoms with E-state index in [0.29, 0.717) is 28.3 Å². The van der Waals surface area contributed by atoms with Crippen LogP contribution < -0.4 is 5.56 Å². The third kappa shape index (κ3) is 2.83. The molecule has 1 N–H and O–H groups in total. The Balaban J connectivity index is 1.64. The van der Waals surface area contributed by atoms with Crippen molar-refractivity contribution in [1.29, 1.82) is 0 Å². The quantitative estimate of drug-likeness (QED) is 0.789. The van der Waals surface area contributed by atoms with Gasteiger partial charge in [0.25, 0.3) is 5.56 Å². The lowest BCUT2D eigenvalue weighted by molar-refractivity contribution is 0.202. The van der Waals surface area contributed by atoms with Crippen molar-refractivity contribution in [2.75, 3.05) is 6.54 Å². The van der Waals surface area contributed by atoms with Crippen molar-refractivity contribution >= 4 is 22.5 Å². The Morgan fingerprint density at radius 1 is 1.42 bits per heavy atom. The molecule has 24 heavy (non-hydrogen) atoms. The van der Waals surface area contributed by atoms with Gasteiger partial charge in [-0.2, -0.15) is 0 Å². The van der Waals surface area contributed by atoms with Crippen LogP contribution in [0.2, 0.25) is 5.02 Å². The molecule has 0 saturated carbocycles. The molecule has 1 aliphatic rings. The lowest BCUT2D eigenvalue weighted by Gasteiger charge is -2.21. The molecule has 0 radical (unpaired) electrons. The standard InChI is InChI=1S/C17H17ClN4O2/c1-10-7-15(24-21-10)14-3-2-6-22(14)9-16-19-13-8-11(18)4-5-12(13)17(23)20-16/h4-5,7-8,14H,2-3,6,9H2,1H3,(H,19,20,23)/t14-/m1/s1. The van der Waals surface area contributed by atoms with Crippen molar-refractivity contribution in [1.82, 2.24) is 20.0 Å². The molecule has 0 spiro atoms. The summed E-state index contributed by atoms with van der Waals surface area (Å²) in [4.78, 5) is 22.0. The molecule has 0 bridgehead atoms. The van der Waals surface area contributed by atoms with Gasteiger partial charge in [-0.15, -0.1) is 0 Å². The maximum absolute atomic E-state index is 12.3. The number of benzene rings is 1. The van der Waals surface area contributed by atoms with E-state index < -0.39 is 0 Å². The number of hydrogen-bond donors (Lipinski definition) is 1. The lowest BCUT2D eigenvalue weighted by atomic mass is 10.1. The average molecular weight is 345 g/mol. The molecule has 1 saturated heterocycles. The van der Waals surface area contributed by atoms with Crippen LogP contribution in [0.1, 0.15) is 36.2 Å². The van der Waals surface area contributed by atoms with Crippen molar-refractivity contribution in [3.8, 4) is 0 Å². The molecule has 2 aromatic heterocycles. The molecule has 1 aliphatic heterocycles. The first-order chi connectivity index (χ1) is 11.6. The molecule has 0 unspecified atom stereocenters. The van der Waals surface area contributed by atoms with E-state index in [1.54, 1.807) is 18.2 Å². The highest BCUT2D eigenvalue weighted by Gasteiger charge is 2.29. The molecule has 7 heteroatoms. The van der Waals surface area contributed by atoms with Gasteiger partial charge in [-0.3, -0.25) is 9.69 Å². The third-order valence-electron chi connectivity index (χ3n) is 4.41. The summed E-state index contributed by atoms with van der Waals surface area (Å²) < 4.78 is 5.42. The second kappa shape index (κ2) is 6.03. The van der Waals surface area contributed by atoms with E-state index in [2.05, 4.69) is 20.0 Å². The predicted molar refractivity (Wildman–Crippen MR) is 91.0 cm³/mol. The Morgan fingerprint density at radius 3 is 3.08 bits per heavy atom. The van der Waals surface area contributed by atoms with Crippen LogP contribution in [0.4, 0.5) is 0 Å². The monoisotopic (exact) mass is 344 g/mol. The number of hydrogen-bond acceptors (Lipinski definition) is 5. The minimum atomic E-state index is -0.141. The van der Waals surface area contributed by atoms with Crippen molar-refractivity contribution < 1.29 is 4.52 Å². The lowest BCUT2D eigenvalue weighted by Crippen LogP contribution is -2.25. The van der Waals surface area contributed by atoms with E-state index in [1.165, 1.54) is 0 Å². The van der Waals surface area contributed by atoms with Gasteiger partial charge in [0, 0.05) is 11.1 Å². The van der Waals surface area contributed by atoms with Gasteiger partial charge in [-0.05, 0) is 44.5 Å². The number of aromatic nitrogens is 3. The number of aromatic amines is 1. The van der Waals surface area contributed by atoms with Crippen molar-refractivity contribution in [2.24, 2.45) is 0 Å². The van der Waals surface area contributed by atoms with E-state index in [1.807, 2.05) is 13.0 Å². The van der Waals surface area contributed by atoms with Gasteiger partial charge in [-0.25, -0.2) is 4.98 Å². The van der Waals surface area contributed by atoms with Crippen molar-refractivity contribution in [3.63, 3.8) is 0 Å². The molecule has 0 amide bonds. The molecule has 124 valence electrons. The maximum Gasteiger partial charge on any atom is 0.258 e. The first kappa shape index (κ1) is 15.4. The number of halogens is 1. The van der Waals surface area contributed by atoms with Crippen molar-refractivity contribution in [3.05, 3.63) is 56.9 Å². The molecule has 0 aliphatic carbocycles. The van der Waals surface area contributed by atoms with Gasteiger partial charge in [0.15, 0.2) is 5.76 Å². The van der Waals surface area contributed by atoms with Crippen LogP contribution in [-0.2, 0) is 6.54 Å². The number of nitrogens with one attached hydrogen (secondary N) is 1. The minimum absolute atomic E-state index is 0.141. The SMILES string of the molecule is Cc1cc([C@H]2CCCN2Cc2nc3cc(Cl)ccc3c(=O)[nH]2)on1. The summed E-state index contributed by atoms with van der Waals surface area (Å²) in [7, 11) is 0. The number of fused-ring (bicyclic) bond motifs is 1. The largest absolute Gasteiger partial charge is 0.359 e. The molecule has 6 nitrogen and oxygen atoms in total. The molecular formula is C17H17ClN4O2. The zero-order chi connectivity index (χ0) is 16.7. The van der Waals surface area contributed by atoms with E-state index in [0.717, 1.165) is 30.8 Å². The Hall–Kier alpha value is -2.18. The zero-order valence-corrected chi connectivity index (χ0v) is 14.0. The Kier molecular flexibility index (Phi) is 3.86. The second-order valence-electron chi connectivity index (χ2n) is 6.17. The van der Waals surface area contributed by atoms with Gasteiger partial charge in [0.2, 0.25) is 0 Å². The van der Waals surface area contributed by atoms with Crippen molar-refractivity contribution in [2.45, 2.75) is 32.4 Å². The van der Waals surface area contributed by atoms with Crippen LogP contribution >= 0.6 is 11.6 Å². The number of aryl methyl sites for hydroxylation is 1. The Labute approximate surface area is 143 Å². The number of likely N-dealkylation sites (tertiary alicyclic amines) is 1. The van der Waals surface area contributed by atoms with Crippen LogP contribution in [0, 0.1) is 6.92 Å². The summed E-state index contributed by atoms with van der Waals surface area (Å²) in [5.41, 5.74) is 1.36. The van der Waals surface area contributed by atoms with Gasteiger partial charge < -0.3 is 9.51 Å². The van der Waals surface area contributed by atoms with E-state index in [4.69, 9.17) is 16.1 Å². The highest BCUT2D eigenvalue weighted by molar-refractivity contribution is 6.31. The molecule has 1 atom stereocenters. The average Bonchev–Trinajstić information content (AvgIpc) is 3.15. The summed E-state index contributed by atoms with van der Waals surface area (Å²) in [5, 5.41) is 5.10. The molecule has 3 aromatic rings. The second-order valence-corrected chi connectivity index (χ2v) is 6.61. The number of rotatable bonds is 3. The summed E-state index contributed by atoms with van der Waals surface area (Å²) in [6.07, 6.45) is 2.09. The number of H-pyrrole nitrogens is 1. The Bertz CT molecular complexity index is 949. The van der Waals surface area contributed by atoms with Gasteiger partial charge in [0.1, 0.15) is 5.82 Å². The fourth-order valence-electron chi connectivity index (χ4n) is 3.31.